The van der Waals surface area contributed by atoms with Gasteiger partial charge in [-0.1, -0.05) is 16.8 Å². The molecule has 1 amide bonds. The van der Waals surface area contributed by atoms with Crippen LogP contribution in [0.3, 0.4) is 0 Å². The topological polar surface area (TPSA) is 107 Å². The Balaban J connectivity index is 1.54. The molecule has 0 saturated heterocycles. The molecule has 0 aliphatic heterocycles. The maximum atomic E-state index is 12.7. The highest BCUT2D eigenvalue weighted by Crippen LogP contribution is 2.27. The third-order valence-electron chi connectivity index (χ3n) is 4.07. The predicted octanol–water partition coefficient (Wildman–Crippen LogP) is 4.24. The van der Waals surface area contributed by atoms with E-state index in [1.54, 1.807) is 43.3 Å². The Morgan fingerprint density at radius 2 is 2.00 bits per heavy atom. The Hall–Kier alpha value is -3.65. The summed E-state index contributed by atoms with van der Waals surface area (Å²) < 4.78 is 15.7. The molecule has 0 spiro atoms. The van der Waals surface area contributed by atoms with Crippen molar-refractivity contribution in [2.24, 2.45) is 0 Å². The van der Waals surface area contributed by atoms with Crippen LogP contribution in [-0.4, -0.2) is 28.6 Å². The van der Waals surface area contributed by atoms with Gasteiger partial charge < -0.3 is 19.0 Å². The van der Waals surface area contributed by atoms with Gasteiger partial charge in [-0.3, -0.25) is 4.79 Å². The number of carbonyl (C=O) groups is 2. The van der Waals surface area contributed by atoms with Crippen molar-refractivity contribution in [3.8, 4) is 11.5 Å². The molecule has 8 nitrogen and oxygen atoms in total. The van der Waals surface area contributed by atoms with E-state index in [2.05, 4.69) is 15.5 Å². The van der Waals surface area contributed by atoms with Gasteiger partial charge in [0.15, 0.2) is 12.4 Å². The minimum absolute atomic E-state index is 0.175. The maximum absolute atomic E-state index is 12.7. The van der Waals surface area contributed by atoms with E-state index < -0.39 is 18.5 Å². The summed E-state index contributed by atoms with van der Waals surface area (Å²) in [6, 6.07) is 11.5. The lowest BCUT2D eigenvalue weighted by atomic mass is 10.1. The van der Waals surface area contributed by atoms with Crippen LogP contribution in [0.15, 0.2) is 57.7 Å². The largest absolute Gasteiger partial charge is 0.463 e. The standard InChI is InChI=1S/C20H14ClN3O5/c1-11-18-14(9-15(16-3-2-8-27-16)23-19(18)29-24-11)20(26)28-10-17(25)22-13-6-4-12(21)5-7-13/h2-9H,10H2,1H3,(H,22,25). The van der Waals surface area contributed by atoms with Crippen molar-refractivity contribution in [1.29, 1.82) is 0 Å². The van der Waals surface area contributed by atoms with Gasteiger partial charge in [-0.2, -0.15) is 0 Å². The van der Waals surface area contributed by atoms with Crippen LogP contribution in [-0.2, 0) is 9.53 Å². The average molecular weight is 412 g/mol. The summed E-state index contributed by atoms with van der Waals surface area (Å²) in [6.45, 7) is 1.22. The molecule has 3 aromatic heterocycles. The number of halogens is 1. The van der Waals surface area contributed by atoms with E-state index in [4.69, 9.17) is 25.3 Å². The van der Waals surface area contributed by atoms with Gasteiger partial charge in [0.25, 0.3) is 11.6 Å². The molecule has 29 heavy (non-hydrogen) atoms. The first-order valence-corrected chi connectivity index (χ1v) is 8.92. The van der Waals surface area contributed by atoms with Gasteiger partial charge in [-0.05, 0) is 49.4 Å². The fourth-order valence-electron chi connectivity index (χ4n) is 2.75. The number of furan rings is 1. The second-order valence-electron chi connectivity index (χ2n) is 6.11. The summed E-state index contributed by atoms with van der Waals surface area (Å²) in [5.41, 5.74) is 1.76. The molecule has 0 aliphatic rings. The van der Waals surface area contributed by atoms with Gasteiger partial charge in [0.05, 0.1) is 22.9 Å². The van der Waals surface area contributed by atoms with Crippen LogP contribution in [0, 0.1) is 6.92 Å². The van der Waals surface area contributed by atoms with Crippen molar-refractivity contribution in [3.05, 3.63) is 65.0 Å². The zero-order valence-electron chi connectivity index (χ0n) is 15.1. The summed E-state index contributed by atoms with van der Waals surface area (Å²) in [4.78, 5) is 29.1. The van der Waals surface area contributed by atoms with Crippen LogP contribution in [0.5, 0.6) is 0 Å². The third kappa shape index (κ3) is 3.97. The van der Waals surface area contributed by atoms with E-state index in [1.807, 2.05) is 0 Å². The molecule has 0 atom stereocenters. The minimum atomic E-state index is -0.706. The highest BCUT2D eigenvalue weighted by Gasteiger charge is 2.22. The quantitative estimate of drug-likeness (QED) is 0.489. The number of amides is 1. The van der Waals surface area contributed by atoms with E-state index in [0.29, 0.717) is 33.2 Å². The van der Waals surface area contributed by atoms with E-state index >= 15 is 0 Å². The number of pyridine rings is 1. The first kappa shape index (κ1) is 18.7. The summed E-state index contributed by atoms with van der Waals surface area (Å²) in [5.74, 6) is -0.738. The monoisotopic (exact) mass is 411 g/mol. The summed E-state index contributed by atoms with van der Waals surface area (Å²) in [6.07, 6.45) is 1.49. The van der Waals surface area contributed by atoms with Crippen LogP contribution < -0.4 is 5.32 Å². The molecule has 3 heterocycles. The normalized spacial score (nSPS) is 10.8. The highest BCUT2D eigenvalue weighted by atomic mass is 35.5. The SMILES string of the molecule is Cc1noc2nc(-c3ccco3)cc(C(=O)OCC(=O)Nc3ccc(Cl)cc3)c12. The van der Waals surface area contributed by atoms with Gasteiger partial charge >= 0.3 is 5.97 Å². The number of esters is 1. The van der Waals surface area contributed by atoms with Gasteiger partial charge in [-0.25, -0.2) is 9.78 Å². The molecule has 0 unspecified atom stereocenters. The number of nitrogens with one attached hydrogen (secondary N) is 1. The van der Waals surface area contributed by atoms with Crippen molar-refractivity contribution in [2.45, 2.75) is 6.92 Å². The smallest absolute Gasteiger partial charge is 0.339 e. The van der Waals surface area contributed by atoms with Crippen molar-refractivity contribution in [2.75, 3.05) is 11.9 Å². The van der Waals surface area contributed by atoms with E-state index in [0.717, 1.165) is 0 Å². The third-order valence-corrected chi connectivity index (χ3v) is 4.32. The summed E-state index contributed by atoms with van der Waals surface area (Å²) in [7, 11) is 0. The first-order chi connectivity index (χ1) is 14.0. The van der Waals surface area contributed by atoms with Crippen molar-refractivity contribution in [1.82, 2.24) is 10.1 Å². The number of hydrogen-bond donors (Lipinski definition) is 1. The van der Waals surface area contributed by atoms with Gasteiger partial charge in [0.1, 0.15) is 5.69 Å². The fourth-order valence-corrected chi connectivity index (χ4v) is 2.87. The van der Waals surface area contributed by atoms with E-state index in [-0.39, 0.29) is 11.3 Å². The van der Waals surface area contributed by atoms with Crippen LogP contribution >= 0.6 is 11.6 Å². The molecule has 4 aromatic rings. The number of carbonyl (C=O) groups excluding carboxylic acids is 2. The number of aryl methyl sites for hydroxylation is 1. The van der Waals surface area contributed by atoms with E-state index in [1.165, 1.54) is 12.3 Å². The van der Waals surface area contributed by atoms with Crippen LogP contribution in [0.2, 0.25) is 5.02 Å². The first-order valence-electron chi connectivity index (χ1n) is 8.54. The van der Waals surface area contributed by atoms with Gasteiger partial charge in [0, 0.05) is 10.7 Å². The number of ether oxygens (including phenoxy) is 1. The minimum Gasteiger partial charge on any atom is -0.463 e. The van der Waals surface area contributed by atoms with Gasteiger partial charge in [0.2, 0.25) is 0 Å². The second-order valence-corrected chi connectivity index (χ2v) is 6.55. The summed E-state index contributed by atoms with van der Waals surface area (Å²) in [5, 5.41) is 7.44. The molecule has 9 heteroatoms. The Bertz CT molecular complexity index is 1180. The van der Waals surface area contributed by atoms with Crippen molar-refractivity contribution in [3.63, 3.8) is 0 Å². The van der Waals surface area contributed by atoms with Crippen LogP contribution in [0.25, 0.3) is 22.6 Å². The Labute approximate surface area is 169 Å². The van der Waals surface area contributed by atoms with Crippen molar-refractivity contribution >= 4 is 40.3 Å². The molecule has 1 aromatic carbocycles. The number of anilines is 1. The molecule has 1 N–H and O–H groups in total. The van der Waals surface area contributed by atoms with Crippen molar-refractivity contribution < 1.29 is 23.3 Å². The predicted molar refractivity (Wildman–Crippen MR) is 105 cm³/mol. The number of fused-ring (bicyclic) bond motifs is 1. The van der Waals surface area contributed by atoms with Gasteiger partial charge in [-0.15, -0.1) is 0 Å². The maximum Gasteiger partial charge on any atom is 0.339 e. The lowest BCUT2D eigenvalue weighted by molar-refractivity contribution is -0.119. The van der Waals surface area contributed by atoms with Crippen LogP contribution in [0.1, 0.15) is 16.1 Å². The molecular weight excluding hydrogens is 398 g/mol. The Morgan fingerprint density at radius 3 is 2.72 bits per heavy atom. The highest BCUT2D eigenvalue weighted by molar-refractivity contribution is 6.30. The molecule has 4 rings (SSSR count). The average Bonchev–Trinajstić information content (AvgIpc) is 3.38. The molecule has 0 saturated carbocycles. The number of rotatable bonds is 5. The second kappa shape index (κ2) is 7.76. The van der Waals surface area contributed by atoms with E-state index in [9.17, 15) is 9.59 Å². The fraction of sp³-hybridized carbons (Fsp3) is 0.100. The Morgan fingerprint density at radius 1 is 1.21 bits per heavy atom. The van der Waals surface area contributed by atoms with Crippen LogP contribution in [0.4, 0.5) is 5.69 Å². The molecule has 0 fully saturated rings. The molecular formula is C20H14ClN3O5. The zero-order valence-corrected chi connectivity index (χ0v) is 15.9. The number of benzene rings is 1. The number of nitrogens with zero attached hydrogens (tertiary/aromatic N) is 2. The molecule has 146 valence electrons. The number of hydrogen-bond acceptors (Lipinski definition) is 7. The lowest BCUT2D eigenvalue weighted by Crippen LogP contribution is -2.21. The summed E-state index contributed by atoms with van der Waals surface area (Å²) >= 11 is 5.81. The zero-order chi connectivity index (χ0) is 20.4. The molecule has 0 radical (unpaired) electrons. The Kier molecular flexibility index (Phi) is 5.01. The molecule has 0 aliphatic carbocycles. The lowest BCUT2D eigenvalue weighted by Gasteiger charge is -2.08. The number of aromatic nitrogens is 2. The molecule has 0 bridgehead atoms.